The van der Waals surface area contributed by atoms with Crippen LogP contribution in [0.3, 0.4) is 0 Å². The molecule has 2 saturated heterocycles. The van der Waals surface area contributed by atoms with Crippen molar-refractivity contribution in [2.24, 2.45) is 0 Å². The Morgan fingerprint density at radius 2 is 2.18 bits per heavy atom. The number of rotatable bonds is 2. The molecule has 3 rings (SSSR count). The first-order chi connectivity index (χ1) is 9.82. The Morgan fingerprint density at radius 1 is 1.50 bits per heavy atom. The topological polar surface area (TPSA) is 111 Å². The predicted octanol–water partition coefficient (Wildman–Crippen LogP) is -0.725. The molecule has 0 bridgehead atoms. The Kier molecular flexibility index (Phi) is 4.60. The fraction of sp³-hybridized carbons (Fsp3) is 0.455. The third-order valence-electron chi connectivity index (χ3n) is 3.76. The molecule has 1 aromatic rings. The summed E-state index contributed by atoms with van der Waals surface area (Å²) in [5.74, 6) is -0.469. The second kappa shape index (κ2) is 5.85. The second-order valence-corrected chi connectivity index (χ2v) is 6.19. The Morgan fingerprint density at radius 3 is 2.73 bits per heavy atom. The van der Waals surface area contributed by atoms with Crippen LogP contribution in [0.25, 0.3) is 0 Å². The van der Waals surface area contributed by atoms with Gasteiger partial charge in [0.1, 0.15) is 6.04 Å². The van der Waals surface area contributed by atoms with Gasteiger partial charge in [0.25, 0.3) is 5.91 Å². The quantitative estimate of drug-likeness (QED) is 0.432. The van der Waals surface area contributed by atoms with Crippen LogP contribution in [0.15, 0.2) is 22.8 Å². The van der Waals surface area contributed by atoms with Crippen LogP contribution in [-0.2, 0) is 15.1 Å². The summed E-state index contributed by atoms with van der Waals surface area (Å²) in [5.41, 5.74) is 0. The molecule has 1 N–H and O–H groups in total. The molecule has 2 fully saturated rings. The van der Waals surface area contributed by atoms with Gasteiger partial charge in [-0.1, -0.05) is 0 Å². The van der Waals surface area contributed by atoms with Crippen LogP contribution in [0.5, 0.6) is 0 Å². The number of hydrogen-bond acceptors (Lipinski definition) is 5. The molecule has 11 heteroatoms. The number of nitrogens with zero attached hydrogens (tertiary/aromatic N) is 3. The molecule has 22 heavy (non-hydrogen) atoms. The van der Waals surface area contributed by atoms with Crippen LogP contribution in [0.4, 0.5) is 10.7 Å². The van der Waals surface area contributed by atoms with Crippen molar-refractivity contribution in [3.63, 3.8) is 0 Å². The van der Waals surface area contributed by atoms with Gasteiger partial charge in [0.2, 0.25) is 5.88 Å². The third kappa shape index (κ3) is 2.54. The summed E-state index contributed by atoms with van der Waals surface area (Å²) in [7, 11) is -3.07. The van der Waals surface area contributed by atoms with Gasteiger partial charge in [-0.15, -0.1) is 0 Å². The zero-order valence-electron chi connectivity index (χ0n) is 11.0. The molecule has 0 radical (unpaired) electrons. The van der Waals surface area contributed by atoms with Gasteiger partial charge in [-0.3, -0.25) is 14.2 Å². The molecule has 0 unspecified atom stereocenters. The van der Waals surface area contributed by atoms with Crippen LogP contribution in [0.1, 0.15) is 6.42 Å². The van der Waals surface area contributed by atoms with Crippen molar-refractivity contribution in [1.82, 2.24) is 9.21 Å². The molecule has 0 aliphatic carbocycles. The number of anilines is 1. The monoisotopic (exact) mass is 339 g/mol. The van der Waals surface area contributed by atoms with Gasteiger partial charge in [0.05, 0.1) is 12.3 Å². The van der Waals surface area contributed by atoms with Crippen molar-refractivity contribution in [1.29, 1.82) is 0 Å². The Bertz CT molecular complexity index is 691. The maximum atomic E-state index is 12.3. The van der Waals surface area contributed by atoms with Crippen LogP contribution in [0, 0.1) is 0 Å². The molecule has 2 aliphatic heterocycles. The van der Waals surface area contributed by atoms with Gasteiger partial charge in [-0.05, 0) is 12.5 Å². The van der Waals surface area contributed by atoms with E-state index in [1.807, 2.05) is 0 Å². The fourth-order valence-electron chi connectivity index (χ4n) is 2.78. The number of carbonyl (C=O) groups excluding carboxylic acids is 2. The molecular formula is C11H14N3NaO6S. The van der Waals surface area contributed by atoms with E-state index in [1.54, 1.807) is 12.1 Å². The Hall–Kier alpha value is -1.07. The number of carbonyl (C=O) groups is 2. The van der Waals surface area contributed by atoms with E-state index < -0.39 is 34.3 Å². The summed E-state index contributed by atoms with van der Waals surface area (Å²) in [6.07, 6.45) is 1.72. The second-order valence-electron chi connectivity index (χ2n) is 4.90. The number of likely N-dealkylation sites (tertiary alicyclic amines) is 1. The SMILES string of the molecule is CN(C(=O)N1CC[C@@H]2[C@H]1C(=O)N2S(=O)(=O)O)c1ccco1.[NaH]. The van der Waals surface area contributed by atoms with Crippen LogP contribution < -0.4 is 4.90 Å². The molecule has 2 atom stereocenters. The molecule has 1 aromatic heterocycles. The maximum absolute atomic E-state index is 12.3. The number of hydrogen-bond donors (Lipinski definition) is 1. The minimum absolute atomic E-state index is 0. The average Bonchev–Trinajstić information content (AvgIpc) is 3.01. The minimum atomic E-state index is -4.57. The normalized spacial score (nSPS) is 23.6. The first kappa shape index (κ1) is 17.3. The number of amides is 3. The van der Waals surface area contributed by atoms with Crippen molar-refractivity contribution in [3.8, 4) is 0 Å². The van der Waals surface area contributed by atoms with Gasteiger partial charge in [0, 0.05) is 19.7 Å². The molecular weight excluding hydrogens is 325 g/mol. The number of fused-ring (bicyclic) bond motifs is 1. The summed E-state index contributed by atoms with van der Waals surface area (Å²) < 4.78 is 36.7. The average molecular weight is 339 g/mol. The zero-order valence-corrected chi connectivity index (χ0v) is 11.9. The summed E-state index contributed by atoms with van der Waals surface area (Å²) in [6, 6.07) is 1.22. The van der Waals surface area contributed by atoms with E-state index >= 15 is 0 Å². The first-order valence-electron chi connectivity index (χ1n) is 6.21. The van der Waals surface area contributed by atoms with Crippen LogP contribution in [-0.4, -0.2) is 89.3 Å². The van der Waals surface area contributed by atoms with Crippen molar-refractivity contribution >= 4 is 57.7 Å². The number of urea groups is 1. The zero-order chi connectivity index (χ0) is 15.4. The van der Waals surface area contributed by atoms with E-state index in [1.165, 1.54) is 23.1 Å². The molecule has 2 aliphatic rings. The molecule has 116 valence electrons. The number of β-lactam (4-membered cyclic amide) rings is 1. The molecule has 0 spiro atoms. The van der Waals surface area contributed by atoms with E-state index in [0.717, 1.165) is 0 Å². The van der Waals surface area contributed by atoms with Gasteiger partial charge >= 0.3 is 45.9 Å². The van der Waals surface area contributed by atoms with Crippen molar-refractivity contribution in [2.45, 2.75) is 18.5 Å². The summed E-state index contributed by atoms with van der Waals surface area (Å²) in [4.78, 5) is 26.7. The molecule has 3 heterocycles. The third-order valence-corrected chi connectivity index (χ3v) is 4.70. The van der Waals surface area contributed by atoms with E-state index in [4.69, 9.17) is 8.97 Å². The summed E-state index contributed by atoms with van der Waals surface area (Å²) >= 11 is 0. The Labute approximate surface area is 149 Å². The van der Waals surface area contributed by atoms with Crippen molar-refractivity contribution in [3.05, 3.63) is 18.4 Å². The Balaban J connectivity index is 0.00000176. The van der Waals surface area contributed by atoms with E-state index in [-0.39, 0.29) is 36.1 Å². The fourth-order valence-corrected chi connectivity index (χ4v) is 3.68. The molecule has 9 nitrogen and oxygen atoms in total. The van der Waals surface area contributed by atoms with Crippen LogP contribution >= 0.6 is 0 Å². The van der Waals surface area contributed by atoms with E-state index in [2.05, 4.69) is 0 Å². The van der Waals surface area contributed by atoms with Gasteiger partial charge in [-0.25, -0.2) is 9.10 Å². The summed E-state index contributed by atoms with van der Waals surface area (Å²) in [5, 5.41) is 0. The molecule has 3 amide bonds. The van der Waals surface area contributed by atoms with E-state index in [9.17, 15) is 18.0 Å². The van der Waals surface area contributed by atoms with Crippen molar-refractivity contribution in [2.75, 3.05) is 18.5 Å². The summed E-state index contributed by atoms with van der Waals surface area (Å²) in [6.45, 7) is 0.233. The van der Waals surface area contributed by atoms with Crippen molar-refractivity contribution < 1.29 is 27.0 Å². The molecule has 0 saturated carbocycles. The van der Waals surface area contributed by atoms with Gasteiger partial charge < -0.3 is 9.32 Å². The van der Waals surface area contributed by atoms with E-state index in [0.29, 0.717) is 16.6 Å². The first-order valence-corrected chi connectivity index (χ1v) is 7.60. The predicted molar refractivity (Wildman–Crippen MR) is 76.9 cm³/mol. The van der Waals surface area contributed by atoms with Gasteiger partial charge in [-0.2, -0.15) is 8.42 Å². The number of furan rings is 1. The van der Waals surface area contributed by atoms with Gasteiger partial charge in [0.15, 0.2) is 0 Å². The molecule has 0 aromatic carbocycles. The van der Waals surface area contributed by atoms with Crippen LogP contribution in [0.2, 0.25) is 0 Å². The standard InChI is InChI=1S/C11H13N3O6S.Na.H/c1-12(8-3-2-6-20-8)11(16)13-5-4-7-9(13)10(15)14(7)21(17,18)19;;/h2-3,6-7,9H,4-5H2,1H3,(H,17,18,19);;/t7-,9+;;/m1../s1.